The van der Waals surface area contributed by atoms with Gasteiger partial charge in [-0.25, -0.2) is 9.59 Å². The summed E-state index contributed by atoms with van der Waals surface area (Å²) < 4.78 is 6.36. The summed E-state index contributed by atoms with van der Waals surface area (Å²) >= 11 is 0. The number of aromatic amines is 1. The van der Waals surface area contributed by atoms with Crippen LogP contribution in [-0.4, -0.2) is 30.8 Å². The first-order chi connectivity index (χ1) is 10.1. The van der Waals surface area contributed by atoms with Gasteiger partial charge in [0.05, 0.1) is 16.6 Å². The number of nitrogens with zero attached hydrogens (tertiary/aromatic N) is 3. The van der Waals surface area contributed by atoms with Gasteiger partial charge in [-0.05, 0) is 19.1 Å². The van der Waals surface area contributed by atoms with E-state index in [2.05, 4.69) is 15.1 Å². The maximum atomic E-state index is 12.0. The van der Waals surface area contributed by atoms with Crippen LogP contribution in [0.2, 0.25) is 0 Å². The zero-order chi connectivity index (χ0) is 15.0. The molecule has 2 aromatic heterocycles. The minimum atomic E-state index is -1.08. The third-order valence-electron chi connectivity index (χ3n) is 3.14. The van der Waals surface area contributed by atoms with E-state index in [0.29, 0.717) is 29.2 Å². The fourth-order valence-electron chi connectivity index (χ4n) is 2.25. The molecule has 1 aromatic carbocycles. The number of aryl methyl sites for hydroxylation is 3. The standard InChI is InChI=1S/C13H12N4O4/c1-7-14-10(21-16-7)5-6-17-11-8(12(18)19)3-2-4-9(11)15-13(17)20/h2-4H,5-6H2,1H3,(H,15,20)(H,18,19). The molecule has 0 aliphatic rings. The van der Waals surface area contributed by atoms with Crippen LogP contribution in [-0.2, 0) is 13.0 Å². The Morgan fingerprint density at radius 2 is 2.29 bits per heavy atom. The zero-order valence-electron chi connectivity index (χ0n) is 11.2. The number of aromatic carboxylic acids is 1. The summed E-state index contributed by atoms with van der Waals surface area (Å²) in [5, 5.41) is 12.9. The summed E-state index contributed by atoms with van der Waals surface area (Å²) in [5.74, 6) is -0.161. The van der Waals surface area contributed by atoms with Gasteiger partial charge >= 0.3 is 11.7 Å². The van der Waals surface area contributed by atoms with Gasteiger partial charge in [0.1, 0.15) is 0 Å². The number of hydrogen-bond donors (Lipinski definition) is 2. The summed E-state index contributed by atoms with van der Waals surface area (Å²) in [6, 6.07) is 4.72. The van der Waals surface area contributed by atoms with E-state index in [1.807, 2.05) is 0 Å². The van der Waals surface area contributed by atoms with Crippen molar-refractivity contribution in [1.29, 1.82) is 0 Å². The predicted octanol–water partition coefficient (Wildman–Crippen LogP) is 0.962. The van der Waals surface area contributed by atoms with E-state index in [4.69, 9.17) is 4.52 Å². The maximum Gasteiger partial charge on any atom is 0.337 e. The summed E-state index contributed by atoms with van der Waals surface area (Å²) in [6.07, 6.45) is 0.349. The average Bonchev–Trinajstić information content (AvgIpc) is 2.98. The van der Waals surface area contributed by atoms with Gasteiger partial charge in [0.25, 0.3) is 0 Å². The molecule has 0 aliphatic carbocycles. The second-order valence-electron chi connectivity index (χ2n) is 4.57. The van der Waals surface area contributed by atoms with Crippen LogP contribution in [0.15, 0.2) is 27.5 Å². The maximum absolute atomic E-state index is 12.0. The first kappa shape index (κ1) is 13.1. The van der Waals surface area contributed by atoms with Crippen molar-refractivity contribution in [3.8, 4) is 0 Å². The Labute approximate surface area is 118 Å². The van der Waals surface area contributed by atoms with Crippen LogP contribution >= 0.6 is 0 Å². The number of H-pyrrole nitrogens is 1. The Morgan fingerprint density at radius 3 is 2.95 bits per heavy atom. The second kappa shape index (κ2) is 4.89. The van der Waals surface area contributed by atoms with E-state index in [9.17, 15) is 14.7 Å². The molecule has 0 unspecified atom stereocenters. The lowest BCUT2D eigenvalue weighted by molar-refractivity contribution is 0.0698. The molecule has 21 heavy (non-hydrogen) atoms. The van der Waals surface area contributed by atoms with Crippen molar-refractivity contribution in [3.63, 3.8) is 0 Å². The number of para-hydroxylation sites is 1. The number of imidazole rings is 1. The van der Waals surface area contributed by atoms with Crippen LogP contribution in [0.5, 0.6) is 0 Å². The van der Waals surface area contributed by atoms with E-state index in [-0.39, 0.29) is 17.8 Å². The van der Waals surface area contributed by atoms with Crippen molar-refractivity contribution >= 4 is 17.0 Å². The molecule has 0 saturated heterocycles. The van der Waals surface area contributed by atoms with Crippen LogP contribution in [0.25, 0.3) is 11.0 Å². The quantitative estimate of drug-likeness (QED) is 0.739. The summed E-state index contributed by atoms with van der Waals surface area (Å²) in [6.45, 7) is 1.96. The number of carbonyl (C=O) groups is 1. The number of nitrogens with one attached hydrogen (secondary N) is 1. The third kappa shape index (κ3) is 2.31. The molecule has 0 amide bonds. The van der Waals surface area contributed by atoms with Crippen molar-refractivity contribution in [3.05, 3.63) is 46.0 Å². The topological polar surface area (TPSA) is 114 Å². The first-order valence-corrected chi connectivity index (χ1v) is 6.30. The van der Waals surface area contributed by atoms with Crippen molar-refractivity contribution < 1.29 is 14.4 Å². The highest BCUT2D eigenvalue weighted by Crippen LogP contribution is 2.16. The van der Waals surface area contributed by atoms with E-state index in [1.165, 1.54) is 10.6 Å². The molecular weight excluding hydrogens is 276 g/mol. The number of carboxylic acid groups (broad SMARTS) is 1. The molecule has 0 fully saturated rings. The number of hydrogen-bond acceptors (Lipinski definition) is 5. The molecule has 0 aliphatic heterocycles. The lowest BCUT2D eigenvalue weighted by atomic mass is 10.2. The number of fused-ring (bicyclic) bond motifs is 1. The SMILES string of the molecule is Cc1noc(CCn2c(=O)[nH]c3cccc(C(=O)O)c32)n1. The fourth-order valence-corrected chi connectivity index (χ4v) is 2.25. The molecule has 8 nitrogen and oxygen atoms in total. The lowest BCUT2D eigenvalue weighted by Crippen LogP contribution is -2.19. The average molecular weight is 288 g/mol. The van der Waals surface area contributed by atoms with Gasteiger partial charge in [0, 0.05) is 13.0 Å². The fraction of sp³-hybridized carbons (Fsp3) is 0.231. The zero-order valence-corrected chi connectivity index (χ0v) is 11.2. The van der Waals surface area contributed by atoms with Crippen LogP contribution < -0.4 is 5.69 Å². The molecule has 0 radical (unpaired) electrons. The monoisotopic (exact) mass is 288 g/mol. The molecule has 0 saturated carbocycles. The number of carboxylic acids is 1. The lowest BCUT2D eigenvalue weighted by Gasteiger charge is -2.03. The summed E-state index contributed by atoms with van der Waals surface area (Å²) in [5.41, 5.74) is 0.565. The minimum absolute atomic E-state index is 0.0764. The van der Waals surface area contributed by atoms with Crippen molar-refractivity contribution in [2.75, 3.05) is 0 Å². The smallest absolute Gasteiger partial charge is 0.337 e. The Morgan fingerprint density at radius 1 is 1.48 bits per heavy atom. The molecule has 0 bridgehead atoms. The van der Waals surface area contributed by atoms with Gasteiger partial charge < -0.3 is 14.6 Å². The van der Waals surface area contributed by atoms with Crippen molar-refractivity contribution in [2.45, 2.75) is 19.9 Å². The molecule has 3 rings (SSSR count). The Balaban J connectivity index is 2.03. The molecule has 8 heteroatoms. The van der Waals surface area contributed by atoms with E-state index in [1.54, 1.807) is 19.1 Å². The first-order valence-electron chi connectivity index (χ1n) is 6.30. The van der Waals surface area contributed by atoms with E-state index in [0.717, 1.165) is 0 Å². The Bertz CT molecular complexity index is 874. The van der Waals surface area contributed by atoms with Gasteiger partial charge in [-0.1, -0.05) is 11.2 Å². The predicted molar refractivity (Wildman–Crippen MR) is 72.3 cm³/mol. The largest absolute Gasteiger partial charge is 0.478 e. The van der Waals surface area contributed by atoms with Gasteiger partial charge in [0.15, 0.2) is 5.82 Å². The molecule has 0 atom stereocenters. The molecule has 0 spiro atoms. The van der Waals surface area contributed by atoms with E-state index < -0.39 is 5.97 Å². The van der Waals surface area contributed by atoms with Gasteiger partial charge in [-0.15, -0.1) is 0 Å². The van der Waals surface area contributed by atoms with Crippen LogP contribution in [0.1, 0.15) is 22.1 Å². The third-order valence-corrected chi connectivity index (χ3v) is 3.14. The number of benzene rings is 1. The van der Waals surface area contributed by atoms with Gasteiger partial charge in [0.2, 0.25) is 5.89 Å². The Kier molecular flexibility index (Phi) is 3.05. The van der Waals surface area contributed by atoms with Crippen LogP contribution in [0.3, 0.4) is 0 Å². The highest BCUT2D eigenvalue weighted by atomic mass is 16.5. The molecular formula is C13H12N4O4. The highest BCUT2D eigenvalue weighted by molar-refractivity contribution is 6.01. The van der Waals surface area contributed by atoms with Gasteiger partial charge in [-0.3, -0.25) is 4.57 Å². The molecule has 108 valence electrons. The number of rotatable bonds is 4. The normalized spacial score (nSPS) is 11.1. The Hall–Kier alpha value is -2.90. The summed E-state index contributed by atoms with van der Waals surface area (Å²) in [7, 11) is 0. The second-order valence-corrected chi connectivity index (χ2v) is 4.57. The highest BCUT2D eigenvalue weighted by Gasteiger charge is 2.16. The summed E-state index contributed by atoms with van der Waals surface area (Å²) in [4.78, 5) is 30.0. The van der Waals surface area contributed by atoms with Gasteiger partial charge in [-0.2, -0.15) is 4.98 Å². The van der Waals surface area contributed by atoms with Crippen molar-refractivity contribution in [2.24, 2.45) is 0 Å². The van der Waals surface area contributed by atoms with Crippen LogP contribution in [0.4, 0.5) is 0 Å². The molecule has 2 heterocycles. The van der Waals surface area contributed by atoms with Crippen LogP contribution in [0, 0.1) is 6.92 Å². The minimum Gasteiger partial charge on any atom is -0.478 e. The number of aromatic nitrogens is 4. The molecule has 3 aromatic rings. The van der Waals surface area contributed by atoms with E-state index >= 15 is 0 Å². The van der Waals surface area contributed by atoms with Crippen molar-refractivity contribution in [1.82, 2.24) is 19.7 Å². The molecule has 2 N–H and O–H groups in total.